The zero-order valence-electron chi connectivity index (χ0n) is 14.3. The number of rotatable bonds is 3. The number of aromatic nitrogens is 1. The van der Waals surface area contributed by atoms with E-state index in [1.165, 1.54) is 18.3 Å². The fraction of sp³-hybridized carbons (Fsp3) is 0.333. The Labute approximate surface area is 149 Å². The zero-order chi connectivity index (χ0) is 18.2. The summed E-state index contributed by atoms with van der Waals surface area (Å²) >= 11 is 1.22. The summed E-state index contributed by atoms with van der Waals surface area (Å²) in [5, 5.41) is 5.81. The number of hydrogen-bond donors (Lipinski definition) is 2. The number of nitrogens with one attached hydrogen (secondary N) is 2. The minimum atomic E-state index is -0.329. The summed E-state index contributed by atoms with van der Waals surface area (Å²) in [6.07, 6.45) is 1.22. The average Bonchev–Trinajstić information content (AvgIpc) is 2.88. The van der Waals surface area contributed by atoms with Gasteiger partial charge in [0.1, 0.15) is 0 Å². The maximum Gasteiger partial charge on any atom is 0.257 e. The number of carbonyl (C=O) groups is 3. The number of amides is 2. The molecule has 1 aromatic carbocycles. The molecule has 1 heterocycles. The summed E-state index contributed by atoms with van der Waals surface area (Å²) in [5.41, 5.74) is 1.61. The number of anilines is 2. The highest BCUT2D eigenvalue weighted by Crippen LogP contribution is 2.38. The van der Waals surface area contributed by atoms with Gasteiger partial charge >= 0.3 is 0 Å². The fourth-order valence-electron chi connectivity index (χ4n) is 2.88. The van der Waals surface area contributed by atoms with Crippen molar-refractivity contribution in [3.63, 3.8) is 0 Å². The van der Waals surface area contributed by atoms with E-state index in [1.807, 2.05) is 13.8 Å². The largest absolute Gasteiger partial charge is 0.326 e. The standard InChI is InChI=1S/C18H19N3O3S/c1-10(22)19-12-6-4-5-11(7-12)16(24)21-17-20-13-8-18(2,3)9-14(23)15(13)25-17/h4-7H,8-9H2,1-3H3,(H,19,22)(H,20,21,24). The van der Waals surface area contributed by atoms with E-state index in [4.69, 9.17) is 0 Å². The van der Waals surface area contributed by atoms with Crippen LogP contribution in [0.25, 0.3) is 0 Å². The molecule has 1 aliphatic rings. The monoisotopic (exact) mass is 357 g/mol. The van der Waals surface area contributed by atoms with E-state index >= 15 is 0 Å². The summed E-state index contributed by atoms with van der Waals surface area (Å²) in [7, 11) is 0. The quantitative estimate of drug-likeness (QED) is 0.880. The molecular weight excluding hydrogens is 338 g/mol. The maximum absolute atomic E-state index is 12.4. The van der Waals surface area contributed by atoms with Gasteiger partial charge in [-0.05, 0) is 30.0 Å². The Morgan fingerprint density at radius 2 is 1.96 bits per heavy atom. The molecule has 0 saturated carbocycles. The van der Waals surface area contributed by atoms with Crippen molar-refractivity contribution in [2.24, 2.45) is 5.41 Å². The summed E-state index contributed by atoms with van der Waals surface area (Å²) in [4.78, 5) is 40.9. The first-order valence-corrected chi connectivity index (χ1v) is 8.77. The van der Waals surface area contributed by atoms with Crippen LogP contribution in [0.5, 0.6) is 0 Å². The molecule has 2 amide bonds. The molecule has 0 fully saturated rings. The average molecular weight is 357 g/mol. The van der Waals surface area contributed by atoms with E-state index < -0.39 is 0 Å². The molecule has 6 nitrogen and oxygen atoms in total. The third-order valence-corrected chi connectivity index (χ3v) is 4.96. The highest BCUT2D eigenvalue weighted by atomic mass is 32.1. The lowest BCUT2D eigenvalue weighted by atomic mass is 9.78. The van der Waals surface area contributed by atoms with Gasteiger partial charge < -0.3 is 5.32 Å². The van der Waals surface area contributed by atoms with E-state index in [9.17, 15) is 14.4 Å². The number of ketones is 1. The molecule has 2 N–H and O–H groups in total. The van der Waals surface area contributed by atoms with E-state index in [0.717, 1.165) is 12.1 Å². The fourth-order valence-corrected chi connectivity index (χ4v) is 3.80. The van der Waals surface area contributed by atoms with Gasteiger partial charge in [-0.25, -0.2) is 4.98 Å². The van der Waals surface area contributed by atoms with Crippen LogP contribution in [0.15, 0.2) is 24.3 Å². The molecule has 25 heavy (non-hydrogen) atoms. The van der Waals surface area contributed by atoms with Crippen LogP contribution in [0.3, 0.4) is 0 Å². The number of thiazole rings is 1. The van der Waals surface area contributed by atoms with Gasteiger partial charge in [0, 0.05) is 24.6 Å². The molecule has 3 rings (SSSR count). The van der Waals surface area contributed by atoms with E-state index in [-0.39, 0.29) is 23.0 Å². The first-order valence-electron chi connectivity index (χ1n) is 7.95. The molecule has 0 unspecified atom stereocenters. The molecule has 1 aromatic heterocycles. The number of fused-ring (bicyclic) bond motifs is 1. The van der Waals surface area contributed by atoms with Crippen molar-refractivity contribution in [1.82, 2.24) is 4.98 Å². The summed E-state index contributed by atoms with van der Waals surface area (Å²) < 4.78 is 0. The molecular formula is C18H19N3O3S. The Hall–Kier alpha value is -2.54. The molecule has 0 spiro atoms. The third-order valence-electron chi connectivity index (χ3n) is 3.90. The Morgan fingerprint density at radius 1 is 1.20 bits per heavy atom. The maximum atomic E-state index is 12.4. The van der Waals surface area contributed by atoms with Gasteiger partial charge in [0.2, 0.25) is 5.91 Å². The van der Waals surface area contributed by atoms with Gasteiger partial charge in [-0.15, -0.1) is 0 Å². The van der Waals surface area contributed by atoms with Gasteiger partial charge in [0.25, 0.3) is 5.91 Å². The number of Topliss-reactive ketones (excluding diaryl/α,β-unsaturated/α-hetero) is 1. The van der Waals surface area contributed by atoms with Crippen LogP contribution < -0.4 is 10.6 Å². The smallest absolute Gasteiger partial charge is 0.257 e. The van der Waals surface area contributed by atoms with Gasteiger partial charge in [-0.3, -0.25) is 19.7 Å². The molecule has 1 aliphatic carbocycles. The van der Waals surface area contributed by atoms with Crippen LogP contribution in [0, 0.1) is 5.41 Å². The predicted molar refractivity (Wildman–Crippen MR) is 97.2 cm³/mol. The van der Waals surface area contributed by atoms with Crippen molar-refractivity contribution in [3.05, 3.63) is 40.4 Å². The van der Waals surface area contributed by atoms with Crippen LogP contribution in [-0.2, 0) is 11.2 Å². The second-order valence-electron chi connectivity index (χ2n) is 6.95. The second-order valence-corrected chi connectivity index (χ2v) is 7.95. The molecule has 0 aliphatic heterocycles. The van der Waals surface area contributed by atoms with Crippen LogP contribution in [-0.4, -0.2) is 22.6 Å². The highest BCUT2D eigenvalue weighted by Gasteiger charge is 2.34. The predicted octanol–water partition coefficient (Wildman–Crippen LogP) is 3.51. The van der Waals surface area contributed by atoms with E-state index in [2.05, 4.69) is 15.6 Å². The molecule has 7 heteroatoms. The second kappa shape index (κ2) is 6.40. The Kier molecular flexibility index (Phi) is 4.43. The van der Waals surface area contributed by atoms with Crippen molar-refractivity contribution in [3.8, 4) is 0 Å². The molecule has 0 atom stereocenters. The Bertz CT molecular complexity index is 870. The lowest BCUT2D eigenvalue weighted by molar-refractivity contribution is -0.114. The molecule has 2 aromatic rings. The Morgan fingerprint density at radius 3 is 2.68 bits per heavy atom. The normalized spacial score (nSPS) is 15.4. The van der Waals surface area contributed by atoms with Crippen molar-refractivity contribution in [2.45, 2.75) is 33.6 Å². The van der Waals surface area contributed by atoms with Crippen molar-refractivity contribution in [1.29, 1.82) is 0 Å². The number of benzene rings is 1. The summed E-state index contributed by atoms with van der Waals surface area (Å²) in [6, 6.07) is 6.65. The zero-order valence-corrected chi connectivity index (χ0v) is 15.1. The lowest BCUT2D eigenvalue weighted by Gasteiger charge is -2.26. The van der Waals surface area contributed by atoms with Crippen molar-refractivity contribution in [2.75, 3.05) is 10.6 Å². The number of carbonyl (C=O) groups excluding carboxylic acids is 3. The van der Waals surface area contributed by atoms with Gasteiger partial charge in [-0.2, -0.15) is 0 Å². The third kappa shape index (κ3) is 3.93. The van der Waals surface area contributed by atoms with Crippen molar-refractivity contribution >= 4 is 39.8 Å². The SMILES string of the molecule is CC(=O)Nc1cccc(C(=O)Nc2nc3c(s2)C(=O)CC(C)(C)C3)c1. The highest BCUT2D eigenvalue weighted by molar-refractivity contribution is 7.17. The molecule has 0 saturated heterocycles. The topological polar surface area (TPSA) is 88.2 Å². The van der Waals surface area contributed by atoms with Crippen LogP contribution in [0.1, 0.15) is 52.9 Å². The van der Waals surface area contributed by atoms with Gasteiger partial charge in [-0.1, -0.05) is 31.3 Å². The van der Waals surface area contributed by atoms with Crippen LogP contribution in [0.4, 0.5) is 10.8 Å². The lowest BCUT2D eigenvalue weighted by Crippen LogP contribution is -2.26. The molecule has 0 radical (unpaired) electrons. The number of hydrogen-bond acceptors (Lipinski definition) is 5. The molecule has 130 valence electrons. The van der Waals surface area contributed by atoms with Gasteiger partial charge in [0.05, 0.1) is 10.6 Å². The van der Waals surface area contributed by atoms with Gasteiger partial charge in [0.15, 0.2) is 10.9 Å². The Balaban J connectivity index is 1.78. The first kappa shape index (κ1) is 17.3. The summed E-state index contributed by atoms with van der Waals surface area (Å²) in [6.45, 7) is 5.49. The van der Waals surface area contributed by atoms with E-state index in [0.29, 0.717) is 27.7 Å². The molecule has 0 bridgehead atoms. The van der Waals surface area contributed by atoms with Crippen molar-refractivity contribution < 1.29 is 14.4 Å². The number of nitrogens with zero attached hydrogens (tertiary/aromatic N) is 1. The first-order chi connectivity index (χ1) is 11.7. The minimum Gasteiger partial charge on any atom is -0.326 e. The minimum absolute atomic E-state index is 0.0805. The van der Waals surface area contributed by atoms with Crippen LogP contribution >= 0.6 is 11.3 Å². The van der Waals surface area contributed by atoms with Crippen LogP contribution in [0.2, 0.25) is 0 Å². The van der Waals surface area contributed by atoms with E-state index in [1.54, 1.807) is 24.3 Å². The summed E-state index contributed by atoms with van der Waals surface area (Å²) in [5.74, 6) is -0.451.